The molecule has 1 heterocycles. The maximum atomic E-state index is 11.3. The van der Waals surface area contributed by atoms with Crippen LogP contribution in [0.4, 0.5) is 0 Å². The van der Waals surface area contributed by atoms with E-state index in [2.05, 4.69) is 10.2 Å². The molecule has 1 fully saturated rings. The summed E-state index contributed by atoms with van der Waals surface area (Å²) in [6.07, 6.45) is 1.20. The third-order valence-corrected chi connectivity index (χ3v) is 4.27. The maximum Gasteiger partial charge on any atom is 0.175 e. The van der Waals surface area contributed by atoms with Gasteiger partial charge < -0.3 is 10.1 Å². The predicted octanol–water partition coefficient (Wildman–Crippen LogP) is 0.374. The lowest BCUT2D eigenvalue weighted by Gasteiger charge is -2.26. The quantitative estimate of drug-likeness (QED) is 0.847. The van der Waals surface area contributed by atoms with Crippen molar-refractivity contribution < 1.29 is 13.2 Å². The zero-order valence-electron chi connectivity index (χ0n) is 11.1. The zero-order valence-corrected chi connectivity index (χ0v) is 11.9. The lowest BCUT2D eigenvalue weighted by Crippen LogP contribution is -2.44. The Bertz CT molecular complexity index is 493. The lowest BCUT2D eigenvalue weighted by atomic mass is 10.3. The molecular formula is C13H20N2O3S. The Labute approximate surface area is 114 Å². The van der Waals surface area contributed by atoms with E-state index in [1.165, 1.54) is 6.26 Å². The van der Waals surface area contributed by atoms with E-state index in [4.69, 9.17) is 4.74 Å². The van der Waals surface area contributed by atoms with Gasteiger partial charge in [-0.2, -0.15) is 0 Å². The van der Waals surface area contributed by atoms with E-state index in [9.17, 15) is 8.42 Å². The summed E-state index contributed by atoms with van der Waals surface area (Å²) in [5, 5.41) is 3.30. The molecule has 0 radical (unpaired) electrons. The average molecular weight is 284 g/mol. The first-order chi connectivity index (χ1) is 9.05. The molecule has 2 rings (SSSR count). The van der Waals surface area contributed by atoms with Crippen molar-refractivity contribution in [3.63, 3.8) is 0 Å². The monoisotopic (exact) mass is 284 g/mol. The van der Waals surface area contributed by atoms with Crippen molar-refractivity contribution >= 4 is 9.84 Å². The minimum absolute atomic E-state index is 0.321. The van der Waals surface area contributed by atoms with Crippen molar-refractivity contribution in [2.75, 3.05) is 45.6 Å². The lowest BCUT2D eigenvalue weighted by molar-refractivity contribution is 0.191. The molecule has 106 valence electrons. The summed E-state index contributed by atoms with van der Waals surface area (Å²) < 4.78 is 28.2. The number of nitrogens with zero attached hydrogens (tertiary/aromatic N) is 1. The number of ether oxygens (including phenoxy) is 1. The maximum absolute atomic E-state index is 11.3. The summed E-state index contributed by atoms with van der Waals surface area (Å²) in [4.78, 5) is 2.67. The van der Waals surface area contributed by atoms with E-state index in [0.717, 1.165) is 32.7 Å². The van der Waals surface area contributed by atoms with Gasteiger partial charge in [-0.15, -0.1) is 0 Å². The minimum atomic E-state index is -3.13. The first-order valence-corrected chi connectivity index (χ1v) is 8.31. The summed E-state index contributed by atoms with van der Waals surface area (Å²) in [5.41, 5.74) is 0. The SMILES string of the molecule is CS(=O)(=O)c1ccc(OCCN2CCNCC2)cc1. The molecule has 19 heavy (non-hydrogen) atoms. The molecular weight excluding hydrogens is 264 g/mol. The highest BCUT2D eigenvalue weighted by atomic mass is 32.2. The molecule has 1 N–H and O–H groups in total. The molecule has 1 saturated heterocycles. The van der Waals surface area contributed by atoms with Gasteiger partial charge in [0, 0.05) is 39.0 Å². The number of benzene rings is 1. The highest BCUT2D eigenvalue weighted by molar-refractivity contribution is 7.90. The average Bonchev–Trinajstić information content (AvgIpc) is 2.39. The Hall–Kier alpha value is -1.11. The second-order valence-electron chi connectivity index (χ2n) is 4.68. The Kier molecular flexibility index (Phi) is 4.79. The Morgan fingerprint density at radius 3 is 2.42 bits per heavy atom. The molecule has 0 spiro atoms. The third kappa shape index (κ3) is 4.49. The van der Waals surface area contributed by atoms with Crippen LogP contribution < -0.4 is 10.1 Å². The Morgan fingerprint density at radius 2 is 1.84 bits per heavy atom. The topological polar surface area (TPSA) is 58.6 Å². The van der Waals surface area contributed by atoms with E-state index >= 15 is 0 Å². The van der Waals surface area contributed by atoms with Crippen molar-refractivity contribution in [1.82, 2.24) is 10.2 Å². The van der Waals surface area contributed by atoms with Crippen LogP contribution in [0, 0.1) is 0 Å². The predicted molar refractivity (Wildman–Crippen MR) is 74.4 cm³/mol. The van der Waals surface area contributed by atoms with E-state index in [-0.39, 0.29) is 0 Å². The summed E-state index contributed by atoms with van der Waals surface area (Å²) >= 11 is 0. The van der Waals surface area contributed by atoms with Crippen molar-refractivity contribution in [2.45, 2.75) is 4.90 Å². The van der Waals surface area contributed by atoms with Crippen LogP contribution in [0.25, 0.3) is 0 Å². The number of hydrogen-bond donors (Lipinski definition) is 1. The normalized spacial score (nSPS) is 17.3. The Balaban J connectivity index is 1.80. The molecule has 1 aliphatic rings. The van der Waals surface area contributed by atoms with Gasteiger partial charge in [-0.3, -0.25) is 4.90 Å². The van der Waals surface area contributed by atoms with Crippen molar-refractivity contribution in [1.29, 1.82) is 0 Å². The highest BCUT2D eigenvalue weighted by Gasteiger charge is 2.09. The summed E-state index contributed by atoms with van der Waals surface area (Å²) in [6.45, 7) is 5.69. The van der Waals surface area contributed by atoms with Crippen molar-refractivity contribution in [2.24, 2.45) is 0 Å². The van der Waals surface area contributed by atoms with Gasteiger partial charge in [0.15, 0.2) is 9.84 Å². The second kappa shape index (κ2) is 6.36. The summed E-state index contributed by atoms with van der Waals surface area (Å²) in [5.74, 6) is 0.711. The first-order valence-electron chi connectivity index (χ1n) is 6.42. The Morgan fingerprint density at radius 1 is 1.21 bits per heavy atom. The second-order valence-corrected chi connectivity index (χ2v) is 6.70. The largest absolute Gasteiger partial charge is 0.492 e. The van der Waals surface area contributed by atoms with Crippen LogP contribution >= 0.6 is 0 Å². The van der Waals surface area contributed by atoms with Crippen molar-refractivity contribution in [3.8, 4) is 5.75 Å². The van der Waals surface area contributed by atoms with Gasteiger partial charge in [-0.25, -0.2) is 8.42 Å². The van der Waals surface area contributed by atoms with Gasteiger partial charge >= 0.3 is 0 Å². The summed E-state index contributed by atoms with van der Waals surface area (Å²) in [6, 6.07) is 6.56. The summed E-state index contributed by atoms with van der Waals surface area (Å²) in [7, 11) is -3.13. The fraction of sp³-hybridized carbons (Fsp3) is 0.538. The standard InChI is InChI=1S/C13H20N2O3S/c1-19(16,17)13-4-2-12(3-5-13)18-11-10-15-8-6-14-7-9-15/h2-5,14H,6-11H2,1H3. The number of sulfone groups is 1. The van der Waals surface area contributed by atoms with Crippen LogP contribution in [-0.4, -0.2) is 58.9 Å². The molecule has 5 nitrogen and oxygen atoms in total. The van der Waals surface area contributed by atoms with Crippen LogP contribution in [0.3, 0.4) is 0 Å². The fourth-order valence-corrected chi connectivity index (χ4v) is 2.64. The van der Waals surface area contributed by atoms with Gasteiger partial charge in [-0.1, -0.05) is 0 Å². The van der Waals surface area contributed by atoms with Crippen LogP contribution in [0.15, 0.2) is 29.2 Å². The van der Waals surface area contributed by atoms with Gasteiger partial charge in [0.05, 0.1) is 4.90 Å². The zero-order chi connectivity index (χ0) is 13.7. The van der Waals surface area contributed by atoms with E-state index < -0.39 is 9.84 Å². The van der Waals surface area contributed by atoms with Crippen LogP contribution in [0.5, 0.6) is 5.75 Å². The number of hydrogen-bond acceptors (Lipinski definition) is 5. The van der Waals surface area contributed by atoms with Crippen LogP contribution in [0.1, 0.15) is 0 Å². The number of nitrogens with one attached hydrogen (secondary N) is 1. The molecule has 1 aliphatic heterocycles. The van der Waals surface area contributed by atoms with Gasteiger partial charge in [0.2, 0.25) is 0 Å². The number of piperazine rings is 1. The molecule has 0 aromatic heterocycles. The van der Waals surface area contributed by atoms with Gasteiger partial charge in [0.25, 0.3) is 0 Å². The first kappa shape index (κ1) is 14.3. The van der Waals surface area contributed by atoms with Crippen molar-refractivity contribution in [3.05, 3.63) is 24.3 Å². The van der Waals surface area contributed by atoms with Gasteiger partial charge in [0.1, 0.15) is 12.4 Å². The minimum Gasteiger partial charge on any atom is -0.492 e. The molecule has 1 aromatic rings. The molecule has 0 bridgehead atoms. The van der Waals surface area contributed by atoms with E-state index in [1.807, 2.05) is 0 Å². The molecule has 1 aromatic carbocycles. The van der Waals surface area contributed by atoms with E-state index in [1.54, 1.807) is 24.3 Å². The smallest absolute Gasteiger partial charge is 0.175 e. The molecule has 0 amide bonds. The highest BCUT2D eigenvalue weighted by Crippen LogP contribution is 2.15. The molecule has 0 atom stereocenters. The molecule has 0 saturated carbocycles. The fourth-order valence-electron chi connectivity index (χ4n) is 2.01. The molecule has 0 unspecified atom stereocenters. The number of rotatable bonds is 5. The van der Waals surface area contributed by atoms with E-state index in [0.29, 0.717) is 17.3 Å². The third-order valence-electron chi connectivity index (χ3n) is 3.14. The molecule has 6 heteroatoms. The van der Waals surface area contributed by atoms with Crippen LogP contribution in [-0.2, 0) is 9.84 Å². The molecule has 0 aliphatic carbocycles. The van der Waals surface area contributed by atoms with Gasteiger partial charge in [-0.05, 0) is 24.3 Å². The van der Waals surface area contributed by atoms with Crippen LogP contribution in [0.2, 0.25) is 0 Å².